The predicted octanol–water partition coefficient (Wildman–Crippen LogP) is 1.56. The zero-order valence-electron chi connectivity index (χ0n) is 13.9. The van der Waals surface area contributed by atoms with Crippen LogP contribution in [0.5, 0.6) is 0 Å². The van der Waals surface area contributed by atoms with Gasteiger partial charge < -0.3 is 14.4 Å². The number of likely N-dealkylation sites (tertiary alicyclic amines) is 1. The molecule has 1 saturated heterocycles. The summed E-state index contributed by atoms with van der Waals surface area (Å²) in [5.41, 5.74) is -0.494. The molecule has 0 aromatic rings. The number of piperidine rings is 1. The van der Waals surface area contributed by atoms with Crippen LogP contribution in [0.2, 0.25) is 0 Å². The molecular formula is C16H30N2O3. The molecule has 0 aromatic heterocycles. The average Bonchev–Trinajstić information content (AvgIpc) is 2.91. The number of esters is 1. The van der Waals surface area contributed by atoms with Gasteiger partial charge in [0.2, 0.25) is 0 Å². The highest BCUT2D eigenvalue weighted by molar-refractivity contribution is 5.81. The van der Waals surface area contributed by atoms with Crippen molar-refractivity contribution in [3.05, 3.63) is 0 Å². The van der Waals surface area contributed by atoms with Gasteiger partial charge in [0.05, 0.1) is 13.2 Å². The minimum atomic E-state index is -0.494. The Morgan fingerprint density at radius 2 is 1.90 bits per heavy atom. The van der Waals surface area contributed by atoms with E-state index in [1.807, 2.05) is 0 Å². The van der Waals surface area contributed by atoms with Gasteiger partial charge in [-0.15, -0.1) is 0 Å². The van der Waals surface area contributed by atoms with Crippen molar-refractivity contribution in [1.29, 1.82) is 0 Å². The van der Waals surface area contributed by atoms with Gasteiger partial charge in [0.1, 0.15) is 5.54 Å². The number of rotatable bonds is 5. The number of ether oxygens (including phenoxy) is 2. The van der Waals surface area contributed by atoms with E-state index in [-0.39, 0.29) is 12.0 Å². The molecule has 0 amide bonds. The Hall–Kier alpha value is -0.650. The SMILES string of the molecule is COC(=O)C1(NC(C)C)CCC(N2CCC(OC)CC2)C1. The summed E-state index contributed by atoms with van der Waals surface area (Å²) in [5, 5.41) is 3.47. The van der Waals surface area contributed by atoms with Gasteiger partial charge in [0, 0.05) is 32.3 Å². The van der Waals surface area contributed by atoms with Gasteiger partial charge in [0.25, 0.3) is 0 Å². The summed E-state index contributed by atoms with van der Waals surface area (Å²) in [6.45, 7) is 6.31. The van der Waals surface area contributed by atoms with E-state index in [0.29, 0.717) is 12.1 Å². The van der Waals surface area contributed by atoms with Gasteiger partial charge in [-0.25, -0.2) is 0 Å². The molecule has 5 nitrogen and oxygen atoms in total. The third kappa shape index (κ3) is 3.76. The third-order valence-electron chi connectivity index (χ3n) is 4.96. The molecule has 2 atom stereocenters. The third-order valence-corrected chi connectivity index (χ3v) is 4.96. The Labute approximate surface area is 128 Å². The molecule has 21 heavy (non-hydrogen) atoms. The van der Waals surface area contributed by atoms with E-state index in [4.69, 9.17) is 9.47 Å². The van der Waals surface area contributed by atoms with Crippen LogP contribution in [0, 0.1) is 0 Å². The van der Waals surface area contributed by atoms with Crippen molar-refractivity contribution < 1.29 is 14.3 Å². The molecule has 0 aromatic carbocycles. The highest BCUT2D eigenvalue weighted by atomic mass is 16.5. The number of hydrogen-bond acceptors (Lipinski definition) is 5. The van der Waals surface area contributed by atoms with Crippen molar-refractivity contribution in [3.63, 3.8) is 0 Å². The molecule has 2 fully saturated rings. The van der Waals surface area contributed by atoms with E-state index in [9.17, 15) is 4.79 Å². The normalized spacial score (nSPS) is 31.8. The molecule has 1 aliphatic carbocycles. The number of nitrogens with one attached hydrogen (secondary N) is 1. The molecule has 122 valence electrons. The lowest BCUT2D eigenvalue weighted by Crippen LogP contribution is -2.54. The maximum absolute atomic E-state index is 12.3. The van der Waals surface area contributed by atoms with Crippen molar-refractivity contribution in [1.82, 2.24) is 10.2 Å². The van der Waals surface area contributed by atoms with E-state index in [1.54, 1.807) is 7.11 Å². The minimum Gasteiger partial charge on any atom is -0.468 e. The Balaban J connectivity index is 1.98. The Morgan fingerprint density at radius 3 is 2.43 bits per heavy atom. The smallest absolute Gasteiger partial charge is 0.326 e. The van der Waals surface area contributed by atoms with Crippen molar-refractivity contribution in [2.75, 3.05) is 27.3 Å². The number of methoxy groups -OCH3 is 2. The second-order valence-corrected chi connectivity index (χ2v) is 6.74. The summed E-state index contributed by atoms with van der Waals surface area (Å²) in [7, 11) is 3.29. The average molecular weight is 298 g/mol. The topological polar surface area (TPSA) is 50.8 Å². The fraction of sp³-hybridized carbons (Fsp3) is 0.938. The molecule has 0 spiro atoms. The first-order valence-corrected chi connectivity index (χ1v) is 8.13. The molecular weight excluding hydrogens is 268 g/mol. The summed E-state index contributed by atoms with van der Waals surface area (Å²) in [6, 6.07) is 0.759. The van der Waals surface area contributed by atoms with Crippen LogP contribution in [-0.4, -0.2) is 61.9 Å². The minimum absolute atomic E-state index is 0.106. The van der Waals surface area contributed by atoms with E-state index in [0.717, 1.165) is 45.2 Å². The van der Waals surface area contributed by atoms with E-state index < -0.39 is 5.54 Å². The Bertz CT molecular complexity index is 353. The fourth-order valence-corrected chi connectivity index (χ4v) is 3.93. The van der Waals surface area contributed by atoms with Gasteiger partial charge in [0.15, 0.2) is 0 Å². The van der Waals surface area contributed by atoms with Crippen LogP contribution in [0.4, 0.5) is 0 Å². The van der Waals surface area contributed by atoms with Gasteiger partial charge in [-0.3, -0.25) is 10.1 Å². The first kappa shape index (κ1) is 16.7. The van der Waals surface area contributed by atoms with Crippen molar-refractivity contribution in [2.24, 2.45) is 0 Å². The van der Waals surface area contributed by atoms with Gasteiger partial charge in [-0.05, 0) is 46.0 Å². The second-order valence-electron chi connectivity index (χ2n) is 6.74. The highest BCUT2D eigenvalue weighted by Crippen LogP contribution is 2.35. The maximum Gasteiger partial charge on any atom is 0.326 e. The van der Waals surface area contributed by atoms with Crippen LogP contribution in [-0.2, 0) is 14.3 Å². The summed E-state index contributed by atoms with van der Waals surface area (Å²) in [6.07, 6.45) is 5.38. The fourth-order valence-electron chi connectivity index (χ4n) is 3.93. The predicted molar refractivity (Wildman–Crippen MR) is 82.3 cm³/mol. The second kappa shape index (κ2) is 7.07. The molecule has 2 unspecified atom stereocenters. The summed E-state index contributed by atoms with van der Waals surface area (Å²) < 4.78 is 10.5. The monoisotopic (exact) mass is 298 g/mol. The van der Waals surface area contributed by atoms with E-state index >= 15 is 0 Å². The molecule has 2 aliphatic rings. The molecule has 1 N–H and O–H groups in total. The van der Waals surface area contributed by atoms with Crippen molar-refractivity contribution in [3.8, 4) is 0 Å². The molecule has 2 rings (SSSR count). The number of nitrogens with zero attached hydrogens (tertiary/aromatic N) is 1. The van der Waals surface area contributed by atoms with E-state index in [1.165, 1.54) is 7.11 Å². The van der Waals surface area contributed by atoms with Crippen molar-refractivity contribution in [2.45, 2.75) is 69.7 Å². The van der Waals surface area contributed by atoms with Gasteiger partial charge in [-0.2, -0.15) is 0 Å². The summed E-state index contributed by atoms with van der Waals surface area (Å²) in [5.74, 6) is -0.106. The molecule has 1 saturated carbocycles. The largest absolute Gasteiger partial charge is 0.468 e. The summed E-state index contributed by atoms with van der Waals surface area (Å²) >= 11 is 0. The quantitative estimate of drug-likeness (QED) is 0.781. The lowest BCUT2D eigenvalue weighted by molar-refractivity contribution is -0.149. The lowest BCUT2D eigenvalue weighted by atomic mass is 9.95. The van der Waals surface area contributed by atoms with E-state index in [2.05, 4.69) is 24.1 Å². The zero-order valence-corrected chi connectivity index (χ0v) is 13.9. The van der Waals surface area contributed by atoms with Crippen LogP contribution < -0.4 is 5.32 Å². The van der Waals surface area contributed by atoms with Crippen LogP contribution in [0.1, 0.15) is 46.0 Å². The number of carbonyl (C=O) groups excluding carboxylic acids is 1. The van der Waals surface area contributed by atoms with Gasteiger partial charge >= 0.3 is 5.97 Å². The first-order valence-electron chi connectivity index (χ1n) is 8.13. The standard InChI is InChI=1S/C16H30N2O3/c1-12(2)17-16(15(19)21-4)8-5-13(11-16)18-9-6-14(20-3)7-10-18/h12-14,17H,5-11H2,1-4H3. The summed E-state index contributed by atoms with van der Waals surface area (Å²) in [4.78, 5) is 14.8. The highest BCUT2D eigenvalue weighted by Gasteiger charge is 2.48. The Morgan fingerprint density at radius 1 is 1.24 bits per heavy atom. The molecule has 0 radical (unpaired) electrons. The van der Waals surface area contributed by atoms with Crippen LogP contribution in [0.25, 0.3) is 0 Å². The molecule has 5 heteroatoms. The molecule has 0 bridgehead atoms. The Kier molecular flexibility index (Phi) is 5.63. The van der Waals surface area contributed by atoms with Crippen LogP contribution >= 0.6 is 0 Å². The number of carbonyl (C=O) groups is 1. The lowest BCUT2D eigenvalue weighted by Gasteiger charge is -2.37. The van der Waals surface area contributed by atoms with Crippen LogP contribution in [0.15, 0.2) is 0 Å². The van der Waals surface area contributed by atoms with Crippen LogP contribution in [0.3, 0.4) is 0 Å². The zero-order chi connectivity index (χ0) is 15.5. The molecule has 1 heterocycles. The number of hydrogen-bond donors (Lipinski definition) is 1. The van der Waals surface area contributed by atoms with Crippen molar-refractivity contribution >= 4 is 5.97 Å². The first-order chi connectivity index (χ1) is 10.0. The maximum atomic E-state index is 12.3. The van der Waals surface area contributed by atoms with Gasteiger partial charge in [-0.1, -0.05) is 0 Å². The molecule has 1 aliphatic heterocycles.